The Morgan fingerprint density at radius 3 is 2.23 bits per heavy atom. The summed E-state index contributed by atoms with van der Waals surface area (Å²) in [6.45, 7) is 13.3. The van der Waals surface area contributed by atoms with Crippen molar-refractivity contribution in [3.63, 3.8) is 0 Å². The molecule has 4 rings (SSSR count). The van der Waals surface area contributed by atoms with E-state index in [9.17, 15) is 39.9 Å². The molecule has 4 aliphatic rings. The van der Waals surface area contributed by atoms with Crippen LogP contribution in [-0.2, 0) is 57.0 Å². The van der Waals surface area contributed by atoms with Crippen LogP contribution in [0.2, 0.25) is 0 Å². The largest absolute Gasteiger partial charge is 0.462 e. The van der Waals surface area contributed by atoms with Crippen molar-refractivity contribution in [1.82, 2.24) is 4.90 Å². The van der Waals surface area contributed by atoms with E-state index in [2.05, 4.69) is 0 Å². The van der Waals surface area contributed by atoms with E-state index in [0.717, 1.165) is 0 Å². The molecule has 3 fully saturated rings. The summed E-state index contributed by atoms with van der Waals surface area (Å²) in [5, 5.41) is 56.6. The molecule has 3 saturated heterocycles. The van der Waals surface area contributed by atoms with E-state index in [-0.39, 0.29) is 38.3 Å². The number of cyclic esters (lactones) is 1. The topological polar surface area (TPSA) is 239 Å². The molecule has 5 N–H and O–H groups in total. The third-order valence-corrected chi connectivity index (χ3v) is 13.5. The number of methoxy groups -OCH3 is 2. The summed E-state index contributed by atoms with van der Waals surface area (Å²) in [7, 11) is 6.47. The van der Waals surface area contributed by atoms with Gasteiger partial charge in [-0.05, 0) is 73.5 Å². The molecular formula is C46H77NO17. The van der Waals surface area contributed by atoms with E-state index >= 15 is 0 Å². The second kappa shape index (κ2) is 23.6. The lowest BCUT2D eigenvalue weighted by atomic mass is 9.79. The molecule has 0 aromatic carbocycles. The molecule has 0 saturated carbocycles. The molecule has 4 heterocycles. The highest BCUT2D eigenvalue weighted by Crippen LogP contribution is 2.38. The number of nitrogens with zero attached hydrogens (tertiary/aromatic N) is 1. The van der Waals surface area contributed by atoms with Gasteiger partial charge in [-0.3, -0.25) is 9.59 Å². The predicted octanol–water partition coefficient (Wildman–Crippen LogP) is 1.84. The van der Waals surface area contributed by atoms with E-state index in [1.807, 2.05) is 13.0 Å². The number of rotatable bonds is 13. The van der Waals surface area contributed by atoms with Crippen molar-refractivity contribution in [3.05, 3.63) is 23.8 Å². The van der Waals surface area contributed by atoms with Crippen LogP contribution < -0.4 is 0 Å². The summed E-state index contributed by atoms with van der Waals surface area (Å²) in [4.78, 5) is 41.5. The summed E-state index contributed by atoms with van der Waals surface area (Å²) >= 11 is 0. The number of aliphatic hydroxyl groups excluding tert-OH is 3. The molecule has 4 aliphatic heterocycles. The zero-order chi connectivity index (χ0) is 47.8. The standard InChI is InChI=1S/C46H77NO17/c1-13-33-30(22-59-44-41(57-12)34(56-11)21-45(7,54)64-44)18-24(2)14-15-31(49)25(3)19-29(16-17-48)39(26(4)32(50)20-36(51)61-33)63-43-38(52)37(47(9)10)40(27(5)60-43)62-35-23-58-28(6)42(53)46(35,8)55/h14-15,17-18,25-30,32-35,37-44,50,52-55H,13,16,19-23H2,1-12H3/b15-14+,24-18+. The monoisotopic (exact) mass is 916 g/mol. The number of likely N-dealkylation sites (N-methyl/N-ethyl adjacent to an activating group) is 1. The molecule has 0 radical (unpaired) electrons. The van der Waals surface area contributed by atoms with Crippen LogP contribution in [0, 0.1) is 23.7 Å². The summed E-state index contributed by atoms with van der Waals surface area (Å²) in [5.74, 6) is -5.23. The summed E-state index contributed by atoms with van der Waals surface area (Å²) in [6.07, 6.45) is -6.82. The zero-order valence-corrected chi connectivity index (χ0v) is 39.7. The van der Waals surface area contributed by atoms with Gasteiger partial charge in [-0.2, -0.15) is 0 Å². The van der Waals surface area contributed by atoms with Crippen LogP contribution in [0.25, 0.3) is 0 Å². The number of aldehydes is 1. The number of aliphatic hydroxyl groups is 5. The van der Waals surface area contributed by atoms with Crippen LogP contribution in [0.5, 0.6) is 0 Å². The van der Waals surface area contributed by atoms with Crippen molar-refractivity contribution in [3.8, 4) is 0 Å². The van der Waals surface area contributed by atoms with Gasteiger partial charge in [0.05, 0.1) is 56.2 Å². The van der Waals surface area contributed by atoms with Gasteiger partial charge in [0.2, 0.25) is 0 Å². The Labute approximate surface area is 378 Å². The van der Waals surface area contributed by atoms with Crippen molar-refractivity contribution in [1.29, 1.82) is 0 Å². The first kappa shape index (κ1) is 54.3. The van der Waals surface area contributed by atoms with E-state index in [4.69, 9.17) is 42.6 Å². The lowest BCUT2D eigenvalue weighted by molar-refractivity contribution is -0.357. The molecule has 0 aromatic rings. The Morgan fingerprint density at radius 1 is 0.938 bits per heavy atom. The molecule has 20 atom stereocenters. The number of allylic oxidation sites excluding steroid dienone is 3. The third kappa shape index (κ3) is 13.5. The Balaban J connectivity index is 1.63. The fraction of sp³-hybridized carbons (Fsp3) is 0.848. The van der Waals surface area contributed by atoms with Crippen LogP contribution in [-0.4, -0.2) is 187 Å². The molecule has 0 bridgehead atoms. The molecule has 368 valence electrons. The SMILES string of the molecule is CCC1OC(=O)CC(O)C(C)C(OC2OC(C)C(OC3COC(C)C(O)C3(C)O)C(N(C)C)C2O)C(CC=O)CC(C)C(=O)/C=C/C(C)=C/C1COC1OC(C)(O)CC(OC)C1OC. The number of esters is 1. The highest BCUT2D eigenvalue weighted by molar-refractivity contribution is 5.91. The van der Waals surface area contributed by atoms with Crippen LogP contribution in [0.4, 0.5) is 0 Å². The number of carbonyl (C=O) groups excluding carboxylic acids is 3. The van der Waals surface area contributed by atoms with Crippen molar-refractivity contribution < 1.29 is 82.5 Å². The van der Waals surface area contributed by atoms with Crippen LogP contribution in [0.15, 0.2) is 23.8 Å². The third-order valence-electron chi connectivity index (χ3n) is 13.5. The van der Waals surface area contributed by atoms with Gasteiger partial charge in [-0.15, -0.1) is 0 Å². The van der Waals surface area contributed by atoms with Gasteiger partial charge in [0.1, 0.15) is 48.5 Å². The summed E-state index contributed by atoms with van der Waals surface area (Å²) < 4.78 is 54.4. The maximum Gasteiger partial charge on any atom is 0.308 e. The van der Waals surface area contributed by atoms with Crippen molar-refractivity contribution >= 4 is 18.0 Å². The van der Waals surface area contributed by atoms with Gasteiger partial charge in [0.25, 0.3) is 0 Å². The average Bonchev–Trinajstić information content (AvgIpc) is 3.22. The molecule has 20 unspecified atom stereocenters. The van der Waals surface area contributed by atoms with Gasteiger partial charge >= 0.3 is 5.97 Å². The van der Waals surface area contributed by atoms with Gasteiger partial charge in [-0.1, -0.05) is 38.5 Å². The minimum absolute atomic E-state index is 0.0169. The fourth-order valence-electron chi connectivity index (χ4n) is 9.46. The number of ketones is 1. The maximum atomic E-state index is 13.8. The van der Waals surface area contributed by atoms with Crippen LogP contribution in [0.1, 0.15) is 87.5 Å². The molecule has 64 heavy (non-hydrogen) atoms. The highest BCUT2D eigenvalue weighted by Gasteiger charge is 2.53. The molecule has 18 heteroatoms. The van der Waals surface area contributed by atoms with E-state index in [0.29, 0.717) is 18.3 Å². The molecule has 0 aliphatic carbocycles. The normalized spacial score (nSPS) is 45.9. The van der Waals surface area contributed by atoms with E-state index in [1.54, 1.807) is 59.7 Å². The lowest BCUT2D eigenvalue weighted by Crippen LogP contribution is -2.68. The first-order valence-corrected chi connectivity index (χ1v) is 22.6. The maximum absolute atomic E-state index is 13.8. The van der Waals surface area contributed by atoms with Crippen molar-refractivity contribution in [2.45, 2.75) is 185 Å². The molecule has 0 spiro atoms. The Bertz CT molecular complexity index is 1570. The first-order valence-electron chi connectivity index (χ1n) is 22.6. The van der Waals surface area contributed by atoms with Crippen LogP contribution >= 0.6 is 0 Å². The number of ether oxygens (including phenoxy) is 9. The predicted molar refractivity (Wildman–Crippen MR) is 230 cm³/mol. The molecular weight excluding hydrogens is 838 g/mol. The van der Waals surface area contributed by atoms with E-state index in [1.165, 1.54) is 34.1 Å². The Kier molecular flexibility index (Phi) is 20.1. The fourth-order valence-corrected chi connectivity index (χ4v) is 9.46. The second-order valence-electron chi connectivity index (χ2n) is 18.9. The quantitative estimate of drug-likeness (QED) is 0.131. The summed E-state index contributed by atoms with van der Waals surface area (Å²) in [6, 6.07) is -0.781. The smallest absolute Gasteiger partial charge is 0.308 e. The Morgan fingerprint density at radius 2 is 1.62 bits per heavy atom. The highest BCUT2D eigenvalue weighted by atomic mass is 16.8. The number of hydrogen-bond acceptors (Lipinski definition) is 18. The first-order chi connectivity index (χ1) is 30.0. The minimum Gasteiger partial charge on any atom is -0.462 e. The second-order valence-corrected chi connectivity index (χ2v) is 18.9. The van der Waals surface area contributed by atoms with Crippen molar-refractivity contribution in [2.75, 3.05) is 41.5 Å². The molecule has 18 nitrogen and oxygen atoms in total. The van der Waals surface area contributed by atoms with Gasteiger partial charge < -0.3 is 77.9 Å². The summed E-state index contributed by atoms with van der Waals surface area (Å²) in [5.41, 5.74) is -1.00. The Hall–Kier alpha value is -2.27. The minimum atomic E-state index is -1.68. The van der Waals surface area contributed by atoms with E-state index < -0.39 is 133 Å². The van der Waals surface area contributed by atoms with Gasteiger partial charge in [0.15, 0.2) is 24.2 Å². The van der Waals surface area contributed by atoms with Crippen LogP contribution in [0.3, 0.4) is 0 Å². The zero-order valence-electron chi connectivity index (χ0n) is 39.7. The van der Waals surface area contributed by atoms with Crippen molar-refractivity contribution in [2.24, 2.45) is 23.7 Å². The lowest BCUT2D eigenvalue weighted by Gasteiger charge is -2.51. The average molecular weight is 916 g/mol. The number of hydrogen-bond donors (Lipinski definition) is 5. The van der Waals surface area contributed by atoms with Gasteiger partial charge in [-0.25, -0.2) is 0 Å². The van der Waals surface area contributed by atoms with Gasteiger partial charge in [0, 0.05) is 44.8 Å². The molecule has 0 aromatic heterocycles. The number of carbonyl (C=O) groups is 3. The molecule has 0 amide bonds.